The highest BCUT2D eigenvalue weighted by molar-refractivity contribution is 5.29. The minimum Gasteiger partial charge on any atom is -0.508 e. The van der Waals surface area contributed by atoms with Crippen molar-refractivity contribution in [1.82, 2.24) is 0 Å². The van der Waals surface area contributed by atoms with Gasteiger partial charge in [0, 0.05) is 6.04 Å². The van der Waals surface area contributed by atoms with E-state index in [1.807, 2.05) is 0 Å². The molecule has 4 N–H and O–H groups in total. The third kappa shape index (κ3) is 1.96. The van der Waals surface area contributed by atoms with E-state index >= 15 is 0 Å². The van der Waals surface area contributed by atoms with E-state index in [-0.39, 0.29) is 11.8 Å². The van der Waals surface area contributed by atoms with Crippen LogP contribution in [0.5, 0.6) is 5.75 Å². The lowest BCUT2D eigenvalue weighted by Gasteiger charge is -2.14. The standard InChI is InChI=1S/C9H13NO2/c1-6(10)9(12)7-3-2-4-8(11)5-7/h2-6,9,11-12H,10H2,1H3/i6-1. The van der Waals surface area contributed by atoms with Crippen LogP contribution in [0, 0.1) is 0 Å². The molecular weight excluding hydrogens is 153 g/mol. The van der Waals surface area contributed by atoms with Gasteiger partial charge in [0.05, 0.1) is 6.10 Å². The second-order valence-corrected chi connectivity index (χ2v) is 2.90. The van der Waals surface area contributed by atoms with Crippen LogP contribution in [-0.4, -0.2) is 16.3 Å². The fourth-order valence-electron chi connectivity index (χ4n) is 1.01. The lowest BCUT2D eigenvalue weighted by Crippen LogP contribution is -2.24. The summed E-state index contributed by atoms with van der Waals surface area (Å²) < 4.78 is 0. The highest BCUT2D eigenvalue weighted by Crippen LogP contribution is 2.19. The molecule has 0 aliphatic rings. The zero-order valence-corrected chi connectivity index (χ0v) is 6.94. The number of benzene rings is 1. The Morgan fingerprint density at radius 3 is 2.58 bits per heavy atom. The van der Waals surface area contributed by atoms with Gasteiger partial charge in [0.15, 0.2) is 0 Å². The summed E-state index contributed by atoms with van der Waals surface area (Å²) in [5, 5.41) is 18.6. The number of aliphatic hydroxyl groups excluding tert-OH is 1. The van der Waals surface area contributed by atoms with E-state index in [9.17, 15) is 5.11 Å². The van der Waals surface area contributed by atoms with Gasteiger partial charge >= 0.3 is 0 Å². The SMILES string of the molecule is C[11CH](N)C(O)c1cccc(O)c1. The van der Waals surface area contributed by atoms with Crippen molar-refractivity contribution in [2.45, 2.75) is 19.1 Å². The summed E-state index contributed by atoms with van der Waals surface area (Å²) in [5.74, 6) is 0.146. The van der Waals surface area contributed by atoms with E-state index in [1.165, 1.54) is 6.07 Å². The number of aliphatic hydroxyl groups is 1. The molecule has 1 rings (SSSR count). The molecular formula is C9H13NO2. The Kier molecular flexibility index (Phi) is 2.68. The Hall–Kier alpha value is -1.06. The van der Waals surface area contributed by atoms with Crippen molar-refractivity contribution in [3.05, 3.63) is 29.8 Å². The third-order valence-corrected chi connectivity index (χ3v) is 1.71. The maximum absolute atomic E-state index is 9.49. The van der Waals surface area contributed by atoms with Crippen LogP contribution in [-0.2, 0) is 0 Å². The number of hydrogen-bond acceptors (Lipinski definition) is 3. The molecule has 0 heterocycles. The molecule has 0 saturated carbocycles. The number of phenolic OH excluding ortho intramolecular Hbond substituents is 1. The molecule has 0 fully saturated rings. The highest BCUT2D eigenvalue weighted by atomic mass is 16.3. The molecule has 0 radical (unpaired) electrons. The summed E-state index contributed by atoms with van der Waals surface area (Å²) in [5.41, 5.74) is 6.13. The molecule has 66 valence electrons. The molecule has 0 spiro atoms. The van der Waals surface area contributed by atoms with E-state index in [0.29, 0.717) is 5.56 Å². The Bertz CT molecular complexity index is 260. The van der Waals surface area contributed by atoms with E-state index in [0.717, 1.165) is 0 Å². The largest absolute Gasteiger partial charge is 0.508 e. The monoisotopic (exact) mass is 166 g/mol. The topological polar surface area (TPSA) is 66.5 Å². The summed E-state index contributed by atoms with van der Waals surface area (Å²) in [6.07, 6.45) is -0.711. The predicted molar refractivity (Wildman–Crippen MR) is 46.7 cm³/mol. The Morgan fingerprint density at radius 2 is 2.08 bits per heavy atom. The van der Waals surface area contributed by atoms with Crippen LogP contribution in [0.25, 0.3) is 0 Å². The number of hydrogen-bond donors (Lipinski definition) is 3. The van der Waals surface area contributed by atoms with Crippen LogP contribution in [0.1, 0.15) is 18.6 Å². The fourth-order valence-corrected chi connectivity index (χ4v) is 1.01. The lowest BCUT2D eigenvalue weighted by atomic mass is 9.70. The number of rotatable bonds is 2. The van der Waals surface area contributed by atoms with Gasteiger partial charge in [-0.05, 0) is 24.6 Å². The maximum Gasteiger partial charge on any atom is 0.115 e. The Morgan fingerprint density at radius 1 is 1.42 bits per heavy atom. The third-order valence-electron chi connectivity index (χ3n) is 1.71. The van der Waals surface area contributed by atoms with Gasteiger partial charge in [-0.3, -0.25) is 0 Å². The first-order chi connectivity index (χ1) is 5.61. The van der Waals surface area contributed by atoms with Crippen LogP contribution < -0.4 is 5.73 Å². The van der Waals surface area contributed by atoms with Gasteiger partial charge in [0.2, 0.25) is 0 Å². The van der Waals surface area contributed by atoms with Crippen LogP contribution >= 0.6 is 0 Å². The van der Waals surface area contributed by atoms with E-state index < -0.39 is 6.10 Å². The first-order valence-electron chi connectivity index (χ1n) is 3.84. The molecule has 0 aliphatic heterocycles. The summed E-state index contributed by atoms with van der Waals surface area (Å²) >= 11 is 0. The summed E-state index contributed by atoms with van der Waals surface area (Å²) in [6, 6.07) is 6.14. The molecule has 2 unspecified atom stereocenters. The summed E-state index contributed by atoms with van der Waals surface area (Å²) in [4.78, 5) is 0. The van der Waals surface area contributed by atoms with Gasteiger partial charge in [0.1, 0.15) is 5.75 Å². The smallest absolute Gasteiger partial charge is 0.115 e. The molecule has 1 aromatic rings. The average molecular weight is 166 g/mol. The van der Waals surface area contributed by atoms with Crippen molar-refractivity contribution in [3.63, 3.8) is 0 Å². The Balaban J connectivity index is 2.88. The molecule has 1 aromatic carbocycles. The molecule has 0 amide bonds. The summed E-state index contributed by atoms with van der Waals surface area (Å²) in [7, 11) is 0. The number of aromatic hydroxyl groups is 1. The number of phenols is 1. The summed E-state index contributed by atoms with van der Waals surface area (Å²) in [6.45, 7) is 1.72. The first-order valence-corrected chi connectivity index (χ1v) is 3.84. The quantitative estimate of drug-likeness (QED) is 0.608. The van der Waals surface area contributed by atoms with Crippen LogP contribution in [0.15, 0.2) is 24.3 Å². The van der Waals surface area contributed by atoms with Crippen LogP contribution in [0.3, 0.4) is 0 Å². The molecule has 12 heavy (non-hydrogen) atoms. The second kappa shape index (κ2) is 3.56. The Labute approximate surface area is 71.5 Å². The molecule has 3 heteroatoms. The van der Waals surface area contributed by atoms with Crippen LogP contribution in [0.2, 0.25) is 0 Å². The highest BCUT2D eigenvalue weighted by Gasteiger charge is 2.11. The van der Waals surface area contributed by atoms with Gasteiger partial charge in [-0.2, -0.15) is 0 Å². The van der Waals surface area contributed by atoms with Crippen molar-refractivity contribution in [3.8, 4) is 5.75 Å². The van der Waals surface area contributed by atoms with Crippen molar-refractivity contribution < 1.29 is 10.2 Å². The van der Waals surface area contributed by atoms with E-state index in [2.05, 4.69) is 0 Å². The zero-order valence-electron chi connectivity index (χ0n) is 6.94. The molecule has 0 bridgehead atoms. The van der Waals surface area contributed by atoms with Crippen molar-refractivity contribution in [1.29, 1.82) is 0 Å². The molecule has 0 saturated heterocycles. The molecule has 0 aliphatic carbocycles. The minimum absolute atomic E-state index is 0.146. The molecule has 3 nitrogen and oxygen atoms in total. The van der Waals surface area contributed by atoms with Gasteiger partial charge in [-0.15, -0.1) is 0 Å². The van der Waals surface area contributed by atoms with Crippen molar-refractivity contribution in [2.75, 3.05) is 0 Å². The predicted octanol–water partition coefficient (Wildman–Crippen LogP) is 0.773. The van der Waals surface area contributed by atoms with Crippen LogP contribution in [0.4, 0.5) is 0 Å². The van der Waals surface area contributed by atoms with Gasteiger partial charge in [-0.25, -0.2) is 0 Å². The lowest BCUT2D eigenvalue weighted by molar-refractivity contribution is 0.153. The fraction of sp³-hybridized carbons (Fsp3) is 0.333. The molecule has 2 atom stereocenters. The molecule has 0 aromatic heterocycles. The zero-order chi connectivity index (χ0) is 9.14. The first kappa shape index (κ1) is 9.03. The maximum atomic E-state index is 9.49. The average Bonchev–Trinajstić information content (AvgIpc) is 2.03. The van der Waals surface area contributed by atoms with Gasteiger partial charge in [0.25, 0.3) is 0 Å². The minimum atomic E-state index is -0.711. The van der Waals surface area contributed by atoms with E-state index in [4.69, 9.17) is 10.8 Å². The van der Waals surface area contributed by atoms with Crippen molar-refractivity contribution in [2.24, 2.45) is 5.73 Å². The van der Waals surface area contributed by atoms with Gasteiger partial charge < -0.3 is 15.9 Å². The number of nitrogens with two attached hydrogens (primary N) is 1. The normalized spacial score (nSPS) is 15.6. The van der Waals surface area contributed by atoms with E-state index in [1.54, 1.807) is 25.1 Å². The van der Waals surface area contributed by atoms with Crippen molar-refractivity contribution >= 4 is 0 Å². The van der Waals surface area contributed by atoms with Gasteiger partial charge in [-0.1, -0.05) is 12.1 Å². The second-order valence-electron chi connectivity index (χ2n) is 2.90.